The summed E-state index contributed by atoms with van der Waals surface area (Å²) in [7, 11) is 0. The zero-order valence-corrected chi connectivity index (χ0v) is 11.8. The van der Waals surface area contributed by atoms with E-state index in [1.54, 1.807) is 0 Å². The monoisotopic (exact) mass is 267 g/mol. The number of nitrogens with one attached hydrogen (secondary N) is 1. The summed E-state index contributed by atoms with van der Waals surface area (Å²) in [5, 5.41) is 3.55. The van der Waals surface area contributed by atoms with Crippen LogP contribution in [-0.2, 0) is 6.42 Å². The van der Waals surface area contributed by atoms with Crippen LogP contribution in [0.25, 0.3) is 0 Å². The van der Waals surface area contributed by atoms with Crippen molar-refractivity contribution in [3.8, 4) is 0 Å². The van der Waals surface area contributed by atoms with Gasteiger partial charge < -0.3 is 5.32 Å². The number of benzene rings is 1. The molecule has 0 saturated heterocycles. The van der Waals surface area contributed by atoms with Crippen LogP contribution in [-0.4, -0.2) is 12.6 Å². The lowest BCUT2D eigenvalue weighted by Gasteiger charge is -2.22. The van der Waals surface area contributed by atoms with Gasteiger partial charge in [-0.1, -0.05) is 13.8 Å². The van der Waals surface area contributed by atoms with Gasteiger partial charge in [0, 0.05) is 6.04 Å². The summed E-state index contributed by atoms with van der Waals surface area (Å²) in [6.45, 7) is 5.42. The van der Waals surface area contributed by atoms with Gasteiger partial charge in [-0.05, 0) is 67.8 Å². The van der Waals surface area contributed by atoms with E-state index in [4.69, 9.17) is 0 Å². The highest BCUT2D eigenvalue weighted by Gasteiger charge is 2.32. The van der Waals surface area contributed by atoms with E-state index in [0.717, 1.165) is 25.8 Å². The molecule has 1 aromatic carbocycles. The Hall–Kier alpha value is -0.960. The lowest BCUT2D eigenvalue weighted by atomic mass is 9.89. The normalized spacial score (nSPS) is 26.8. The molecule has 19 heavy (non-hydrogen) atoms. The summed E-state index contributed by atoms with van der Waals surface area (Å²) >= 11 is 0. The summed E-state index contributed by atoms with van der Waals surface area (Å²) in [6, 6.07) is 4.29. The lowest BCUT2D eigenvalue weighted by molar-refractivity contribution is 0.348. The first-order chi connectivity index (χ1) is 9.11. The number of hydrogen-bond donors (Lipinski definition) is 1. The van der Waals surface area contributed by atoms with E-state index in [1.165, 1.54) is 18.2 Å². The van der Waals surface area contributed by atoms with Crippen molar-refractivity contribution in [1.82, 2.24) is 5.32 Å². The van der Waals surface area contributed by atoms with Gasteiger partial charge in [0.15, 0.2) is 0 Å². The van der Waals surface area contributed by atoms with Crippen LogP contribution in [0.2, 0.25) is 0 Å². The van der Waals surface area contributed by atoms with Crippen LogP contribution in [0, 0.1) is 23.5 Å². The predicted molar refractivity (Wildman–Crippen MR) is 74.0 cm³/mol. The minimum atomic E-state index is -0.345. The fourth-order valence-corrected chi connectivity index (χ4v) is 3.14. The zero-order valence-electron chi connectivity index (χ0n) is 11.8. The van der Waals surface area contributed by atoms with E-state index >= 15 is 0 Å². The van der Waals surface area contributed by atoms with Gasteiger partial charge in [-0.25, -0.2) is 8.78 Å². The molecule has 0 spiro atoms. The summed E-state index contributed by atoms with van der Waals surface area (Å²) < 4.78 is 26.9. The Labute approximate surface area is 114 Å². The molecule has 1 fully saturated rings. The van der Waals surface area contributed by atoms with Crippen LogP contribution in [0.1, 0.15) is 38.7 Å². The second-order valence-electron chi connectivity index (χ2n) is 5.70. The van der Waals surface area contributed by atoms with Crippen molar-refractivity contribution in [2.45, 2.75) is 45.6 Å². The van der Waals surface area contributed by atoms with Gasteiger partial charge in [0.2, 0.25) is 0 Å². The largest absolute Gasteiger partial charge is 0.314 e. The van der Waals surface area contributed by atoms with Crippen LogP contribution in [0.3, 0.4) is 0 Å². The van der Waals surface area contributed by atoms with E-state index in [9.17, 15) is 8.78 Å². The van der Waals surface area contributed by atoms with Gasteiger partial charge in [-0.2, -0.15) is 0 Å². The summed E-state index contributed by atoms with van der Waals surface area (Å²) in [5.74, 6) is 0.348. The first-order valence-corrected chi connectivity index (χ1v) is 7.29. The first kappa shape index (κ1) is 14.4. The first-order valence-electron chi connectivity index (χ1n) is 7.29. The molecule has 1 aliphatic carbocycles. The van der Waals surface area contributed by atoms with Crippen LogP contribution >= 0.6 is 0 Å². The molecule has 1 aromatic rings. The lowest BCUT2D eigenvalue weighted by Crippen LogP contribution is -2.33. The van der Waals surface area contributed by atoms with Gasteiger partial charge in [0.1, 0.15) is 11.6 Å². The van der Waals surface area contributed by atoms with Crippen molar-refractivity contribution in [2.24, 2.45) is 11.8 Å². The summed E-state index contributed by atoms with van der Waals surface area (Å²) in [4.78, 5) is 0. The van der Waals surface area contributed by atoms with Crippen molar-refractivity contribution in [3.05, 3.63) is 35.4 Å². The topological polar surface area (TPSA) is 12.0 Å². The van der Waals surface area contributed by atoms with Crippen molar-refractivity contribution in [1.29, 1.82) is 0 Å². The van der Waals surface area contributed by atoms with Gasteiger partial charge in [-0.15, -0.1) is 0 Å². The van der Waals surface area contributed by atoms with E-state index in [1.807, 2.05) is 0 Å². The third-order valence-electron chi connectivity index (χ3n) is 4.37. The maximum Gasteiger partial charge on any atom is 0.126 e. The molecule has 3 atom stereocenters. The van der Waals surface area contributed by atoms with Gasteiger partial charge >= 0.3 is 0 Å². The Morgan fingerprint density at radius 3 is 2.79 bits per heavy atom. The molecule has 2 rings (SSSR count). The molecule has 0 bridgehead atoms. The highest BCUT2D eigenvalue weighted by Crippen LogP contribution is 2.34. The number of rotatable bonds is 5. The summed E-state index contributed by atoms with van der Waals surface area (Å²) in [5.41, 5.74) is 0.521. The molecule has 0 aromatic heterocycles. The fraction of sp³-hybridized carbons (Fsp3) is 0.625. The minimum Gasteiger partial charge on any atom is -0.314 e. The molecular weight excluding hydrogens is 244 g/mol. The average Bonchev–Trinajstić information content (AvgIpc) is 2.73. The molecule has 1 N–H and O–H groups in total. The second kappa shape index (κ2) is 6.47. The Balaban J connectivity index is 1.98. The van der Waals surface area contributed by atoms with E-state index < -0.39 is 0 Å². The Kier molecular flexibility index (Phi) is 4.92. The zero-order chi connectivity index (χ0) is 13.8. The predicted octanol–water partition coefficient (Wildman–Crippen LogP) is 3.92. The molecule has 106 valence electrons. The highest BCUT2D eigenvalue weighted by atomic mass is 19.1. The smallest absolute Gasteiger partial charge is 0.126 e. The standard InChI is InChI=1S/C16H23F2N/c1-3-8-19-16-7-4-12(11(16)2)9-13-10-14(17)5-6-15(13)18/h5-6,10-12,16,19H,3-4,7-9H2,1-2H3. The SMILES string of the molecule is CCCNC1CCC(Cc2cc(F)ccc2F)C1C. The Morgan fingerprint density at radius 2 is 2.05 bits per heavy atom. The molecule has 3 heteroatoms. The summed E-state index contributed by atoms with van der Waals surface area (Å²) in [6.07, 6.45) is 4.02. The van der Waals surface area contributed by atoms with Crippen molar-refractivity contribution < 1.29 is 8.78 Å². The second-order valence-corrected chi connectivity index (χ2v) is 5.70. The van der Waals surface area contributed by atoms with Gasteiger partial charge in [0.25, 0.3) is 0 Å². The quantitative estimate of drug-likeness (QED) is 0.852. The van der Waals surface area contributed by atoms with E-state index in [2.05, 4.69) is 19.2 Å². The molecule has 0 aliphatic heterocycles. The van der Waals surface area contributed by atoms with Crippen LogP contribution < -0.4 is 5.32 Å². The van der Waals surface area contributed by atoms with E-state index in [0.29, 0.717) is 29.9 Å². The third-order valence-corrected chi connectivity index (χ3v) is 4.37. The molecule has 1 saturated carbocycles. The van der Waals surface area contributed by atoms with Crippen molar-refractivity contribution >= 4 is 0 Å². The van der Waals surface area contributed by atoms with Crippen LogP contribution in [0.4, 0.5) is 8.78 Å². The van der Waals surface area contributed by atoms with Crippen LogP contribution in [0.15, 0.2) is 18.2 Å². The molecule has 0 heterocycles. The van der Waals surface area contributed by atoms with Gasteiger partial charge in [-0.3, -0.25) is 0 Å². The van der Waals surface area contributed by atoms with Crippen molar-refractivity contribution in [3.63, 3.8) is 0 Å². The van der Waals surface area contributed by atoms with Crippen LogP contribution in [0.5, 0.6) is 0 Å². The highest BCUT2D eigenvalue weighted by molar-refractivity contribution is 5.19. The molecule has 1 nitrogen and oxygen atoms in total. The molecule has 1 aliphatic rings. The Morgan fingerprint density at radius 1 is 1.26 bits per heavy atom. The molecule has 0 amide bonds. The fourth-order valence-electron chi connectivity index (χ4n) is 3.14. The molecule has 0 radical (unpaired) electrons. The maximum atomic E-state index is 13.7. The van der Waals surface area contributed by atoms with Crippen molar-refractivity contribution in [2.75, 3.05) is 6.54 Å². The van der Waals surface area contributed by atoms with Gasteiger partial charge in [0.05, 0.1) is 0 Å². The number of halogens is 2. The number of hydrogen-bond acceptors (Lipinski definition) is 1. The third kappa shape index (κ3) is 3.53. The molecule has 3 unspecified atom stereocenters. The minimum absolute atomic E-state index is 0.279. The molecular formula is C16H23F2N. The average molecular weight is 267 g/mol. The maximum absolute atomic E-state index is 13.7. The van der Waals surface area contributed by atoms with E-state index in [-0.39, 0.29) is 11.6 Å². The Bertz CT molecular complexity index is 419.